The number of piperidine rings is 1. The zero-order valence-corrected chi connectivity index (χ0v) is 14.4. The quantitative estimate of drug-likeness (QED) is 0.841. The van der Waals surface area contributed by atoms with Crippen LogP contribution in [0.1, 0.15) is 37.8 Å². The predicted octanol–water partition coefficient (Wildman–Crippen LogP) is 2.14. The van der Waals surface area contributed by atoms with Crippen LogP contribution >= 0.6 is 0 Å². The van der Waals surface area contributed by atoms with Crippen molar-refractivity contribution in [2.75, 3.05) is 20.2 Å². The first-order valence-corrected chi connectivity index (χ1v) is 8.77. The third kappa shape index (κ3) is 3.78. The van der Waals surface area contributed by atoms with E-state index in [9.17, 15) is 9.59 Å². The van der Waals surface area contributed by atoms with Crippen molar-refractivity contribution < 1.29 is 14.3 Å². The molecule has 0 spiro atoms. The number of nitrogens with one attached hydrogen (secondary N) is 1. The van der Waals surface area contributed by atoms with Gasteiger partial charge in [-0.1, -0.05) is 30.3 Å². The largest absolute Gasteiger partial charge is 0.469 e. The van der Waals surface area contributed by atoms with E-state index in [0.717, 1.165) is 25.9 Å². The Morgan fingerprint density at radius 2 is 1.83 bits per heavy atom. The molecule has 1 aliphatic carbocycles. The maximum atomic E-state index is 12.2. The first-order chi connectivity index (χ1) is 11.6. The Morgan fingerprint density at radius 1 is 1.17 bits per heavy atom. The Balaban J connectivity index is 1.44. The molecular weight excluding hydrogens is 304 g/mol. The molecule has 1 aromatic rings. The number of esters is 1. The molecule has 2 aliphatic rings. The maximum absolute atomic E-state index is 12.2. The summed E-state index contributed by atoms with van der Waals surface area (Å²) >= 11 is 0. The van der Waals surface area contributed by atoms with Gasteiger partial charge in [0.2, 0.25) is 5.91 Å². The van der Waals surface area contributed by atoms with Crippen molar-refractivity contribution in [1.29, 1.82) is 0 Å². The summed E-state index contributed by atoms with van der Waals surface area (Å²) in [6.07, 6.45) is 2.54. The van der Waals surface area contributed by atoms with Gasteiger partial charge in [-0.15, -0.1) is 0 Å². The van der Waals surface area contributed by atoms with E-state index in [1.54, 1.807) is 0 Å². The van der Waals surface area contributed by atoms with Crippen LogP contribution in [0.2, 0.25) is 0 Å². The molecule has 24 heavy (non-hydrogen) atoms. The smallest absolute Gasteiger partial charge is 0.309 e. The molecular formula is C19H26N2O3. The van der Waals surface area contributed by atoms with E-state index in [2.05, 4.69) is 41.4 Å². The number of carbonyl (C=O) groups is 2. The monoisotopic (exact) mass is 330 g/mol. The van der Waals surface area contributed by atoms with Crippen molar-refractivity contribution in [2.24, 2.45) is 11.8 Å². The fourth-order valence-electron chi connectivity index (χ4n) is 3.58. The number of nitrogens with zero attached hydrogens (tertiary/aromatic N) is 1. The number of benzene rings is 1. The fourth-order valence-corrected chi connectivity index (χ4v) is 3.58. The van der Waals surface area contributed by atoms with E-state index in [0.29, 0.717) is 12.5 Å². The molecule has 5 nitrogen and oxygen atoms in total. The Bertz CT molecular complexity index is 582. The predicted molar refractivity (Wildman–Crippen MR) is 91.2 cm³/mol. The van der Waals surface area contributed by atoms with Crippen molar-refractivity contribution in [2.45, 2.75) is 38.3 Å². The molecule has 1 N–H and O–H groups in total. The van der Waals surface area contributed by atoms with Gasteiger partial charge >= 0.3 is 5.97 Å². The summed E-state index contributed by atoms with van der Waals surface area (Å²) in [5.41, 5.74) is 1.33. The zero-order chi connectivity index (χ0) is 17.1. The Kier molecular flexibility index (Phi) is 5.19. The summed E-state index contributed by atoms with van der Waals surface area (Å²) in [7, 11) is 1.37. The fraction of sp³-hybridized carbons (Fsp3) is 0.579. The number of ether oxygens (including phenoxy) is 1. The second kappa shape index (κ2) is 7.34. The average molecular weight is 330 g/mol. The van der Waals surface area contributed by atoms with Gasteiger partial charge in [-0.2, -0.15) is 0 Å². The third-order valence-electron chi connectivity index (χ3n) is 5.34. The van der Waals surface area contributed by atoms with Crippen LogP contribution < -0.4 is 5.32 Å². The topological polar surface area (TPSA) is 58.6 Å². The first-order valence-electron chi connectivity index (χ1n) is 8.77. The lowest BCUT2D eigenvalue weighted by Crippen LogP contribution is -2.45. The summed E-state index contributed by atoms with van der Waals surface area (Å²) in [4.78, 5) is 26.1. The van der Waals surface area contributed by atoms with Crippen molar-refractivity contribution in [3.8, 4) is 0 Å². The maximum Gasteiger partial charge on any atom is 0.309 e. The second-order valence-electron chi connectivity index (χ2n) is 6.88. The number of hydrogen-bond acceptors (Lipinski definition) is 4. The number of methoxy groups -OCH3 is 1. The van der Waals surface area contributed by atoms with Gasteiger partial charge in [-0.25, -0.2) is 0 Å². The van der Waals surface area contributed by atoms with Crippen LogP contribution in [0.25, 0.3) is 0 Å². The highest BCUT2D eigenvalue weighted by atomic mass is 16.5. The van der Waals surface area contributed by atoms with E-state index >= 15 is 0 Å². The van der Waals surface area contributed by atoms with Gasteiger partial charge in [0.25, 0.3) is 0 Å². The lowest BCUT2D eigenvalue weighted by Gasteiger charge is -2.36. The summed E-state index contributed by atoms with van der Waals surface area (Å²) in [6, 6.07) is 11.1. The molecule has 1 aliphatic heterocycles. The minimum atomic E-state index is -0.262. The van der Waals surface area contributed by atoms with Crippen LogP contribution in [-0.2, 0) is 14.3 Å². The van der Waals surface area contributed by atoms with E-state index in [4.69, 9.17) is 4.74 Å². The number of amides is 1. The number of rotatable bonds is 5. The van der Waals surface area contributed by atoms with Crippen molar-refractivity contribution in [1.82, 2.24) is 10.2 Å². The van der Waals surface area contributed by atoms with Gasteiger partial charge in [0.1, 0.15) is 0 Å². The lowest BCUT2D eigenvalue weighted by atomic mass is 10.00. The van der Waals surface area contributed by atoms with Gasteiger partial charge in [0.15, 0.2) is 0 Å². The van der Waals surface area contributed by atoms with Gasteiger partial charge < -0.3 is 10.1 Å². The molecule has 1 heterocycles. The van der Waals surface area contributed by atoms with Crippen LogP contribution in [0, 0.1) is 11.8 Å². The molecule has 0 aromatic heterocycles. The first kappa shape index (κ1) is 17.0. The summed E-state index contributed by atoms with van der Waals surface area (Å²) in [6.45, 7) is 4.19. The van der Waals surface area contributed by atoms with Crippen molar-refractivity contribution in [3.63, 3.8) is 0 Å². The van der Waals surface area contributed by atoms with E-state index in [1.807, 2.05) is 6.07 Å². The molecule has 0 bridgehead atoms. The van der Waals surface area contributed by atoms with Crippen LogP contribution in [0.4, 0.5) is 0 Å². The van der Waals surface area contributed by atoms with Gasteiger partial charge in [0.05, 0.1) is 18.9 Å². The Morgan fingerprint density at radius 3 is 2.46 bits per heavy atom. The molecule has 2 fully saturated rings. The molecule has 1 saturated heterocycles. The lowest BCUT2D eigenvalue weighted by molar-refractivity contribution is -0.143. The highest BCUT2D eigenvalue weighted by Gasteiger charge is 2.49. The van der Waals surface area contributed by atoms with E-state index < -0.39 is 0 Å². The number of likely N-dealkylation sites (tertiary alicyclic amines) is 1. The summed E-state index contributed by atoms with van der Waals surface area (Å²) in [5.74, 6) is -0.659. The number of hydrogen-bond donors (Lipinski definition) is 1. The molecule has 5 heteroatoms. The minimum absolute atomic E-state index is 0.0138. The SMILES string of the molecule is COC(=O)[C@@H]1C[C@@H]1C(=O)NC1CCN([C@@H](C)c2ccccc2)CC1. The van der Waals surface area contributed by atoms with Gasteiger partial charge in [-0.05, 0) is 31.7 Å². The van der Waals surface area contributed by atoms with Gasteiger partial charge in [-0.3, -0.25) is 14.5 Å². The highest BCUT2D eigenvalue weighted by molar-refractivity contribution is 5.90. The normalized spacial score (nSPS) is 25.8. The number of carbonyl (C=O) groups excluding carboxylic acids is 2. The molecule has 0 unspecified atom stereocenters. The second-order valence-corrected chi connectivity index (χ2v) is 6.88. The van der Waals surface area contributed by atoms with E-state index in [1.165, 1.54) is 12.7 Å². The third-order valence-corrected chi connectivity index (χ3v) is 5.34. The average Bonchev–Trinajstić information content (AvgIpc) is 3.43. The minimum Gasteiger partial charge on any atom is -0.469 e. The summed E-state index contributed by atoms with van der Waals surface area (Å²) < 4.78 is 4.70. The summed E-state index contributed by atoms with van der Waals surface area (Å²) in [5, 5.41) is 3.12. The molecule has 1 amide bonds. The standard InChI is InChI=1S/C19H26N2O3/c1-13(14-6-4-3-5-7-14)21-10-8-15(9-11-21)20-18(22)16-12-17(16)19(23)24-2/h3-7,13,15-17H,8-12H2,1-2H3,(H,20,22)/t13-,16-,17+/m0/s1. The zero-order valence-electron chi connectivity index (χ0n) is 14.4. The van der Waals surface area contributed by atoms with Crippen LogP contribution in [0.5, 0.6) is 0 Å². The van der Waals surface area contributed by atoms with Crippen molar-refractivity contribution in [3.05, 3.63) is 35.9 Å². The van der Waals surface area contributed by atoms with Crippen LogP contribution in [0.15, 0.2) is 30.3 Å². The van der Waals surface area contributed by atoms with E-state index in [-0.39, 0.29) is 29.8 Å². The Hall–Kier alpha value is -1.88. The molecule has 3 rings (SSSR count). The molecule has 1 saturated carbocycles. The van der Waals surface area contributed by atoms with Crippen LogP contribution in [-0.4, -0.2) is 43.0 Å². The molecule has 3 atom stereocenters. The van der Waals surface area contributed by atoms with Crippen molar-refractivity contribution >= 4 is 11.9 Å². The highest BCUT2D eigenvalue weighted by Crippen LogP contribution is 2.39. The molecule has 0 radical (unpaired) electrons. The Labute approximate surface area is 143 Å². The van der Waals surface area contributed by atoms with Crippen LogP contribution in [0.3, 0.4) is 0 Å². The molecule has 130 valence electrons. The van der Waals surface area contributed by atoms with Gasteiger partial charge in [0, 0.05) is 25.2 Å². The molecule has 1 aromatic carbocycles.